The Morgan fingerprint density at radius 3 is 2.65 bits per heavy atom. The number of carbonyl (C=O) groups excluding carboxylic acids is 2. The molecule has 9 heteroatoms. The number of hydrogen-bond donors (Lipinski definition) is 3. The predicted molar refractivity (Wildman–Crippen MR) is 114 cm³/mol. The molecule has 0 aliphatic carbocycles. The number of carboxylic acids is 1. The summed E-state index contributed by atoms with van der Waals surface area (Å²) in [7, 11) is 0. The third kappa shape index (κ3) is 5.63. The smallest absolute Gasteiger partial charge is 0.335 e. The number of hydrazone groups is 1. The van der Waals surface area contributed by atoms with Crippen LogP contribution >= 0.6 is 0 Å². The molecule has 0 fully saturated rings. The monoisotopic (exact) mass is 421 g/mol. The van der Waals surface area contributed by atoms with E-state index >= 15 is 0 Å². The van der Waals surface area contributed by atoms with Crippen LogP contribution in [0.3, 0.4) is 0 Å². The van der Waals surface area contributed by atoms with Gasteiger partial charge in [0, 0.05) is 18.5 Å². The van der Waals surface area contributed by atoms with Gasteiger partial charge in [-0.05, 0) is 42.8 Å². The molecule has 0 bridgehead atoms. The molecule has 3 aromatic rings. The number of aryl methyl sites for hydroxylation is 1. The van der Waals surface area contributed by atoms with Crippen molar-refractivity contribution in [3.05, 3.63) is 75.6 Å². The van der Waals surface area contributed by atoms with E-state index in [4.69, 9.17) is 9.52 Å². The number of hydrogen-bond acceptors (Lipinski definition) is 6. The molecule has 0 atom stereocenters. The van der Waals surface area contributed by atoms with Crippen LogP contribution < -0.4 is 16.2 Å². The zero-order valence-corrected chi connectivity index (χ0v) is 16.5. The minimum Gasteiger partial charge on any atom is -0.478 e. The molecule has 1 heterocycles. The number of nitrogens with one attached hydrogen (secondary N) is 2. The van der Waals surface area contributed by atoms with Gasteiger partial charge in [0.05, 0.1) is 22.7 Å². The van der Waals surface area contributed by atoms with Gasteiger partial charge < -0.3 is 14.8 Å². The van der Waals surface area contributed by atoms with Crippen LogP contribution in [-0.4, -0.2) is 29.1 Å². The molecule has 0 aliphatic heterocycles. The summed E-state index contributed by atoms with van der Waals surface area (Å²) < 4.78 is 5.43. The molecule has 0 aliphatic rings. The standard InChI is InChI=1S/C22H19N3O6/c1-13-5-6-17-18(9-13)31-12-15(21(17)28)11-23-25-20(27)8-7-19(26)24-16-4-2-3-14(10-16)22(29)30/h2-6,9-12H,7-8H2,1H3,(H,24,26)(H,25,27)(H,29,30). The second kappa shape index (κ2) is 9.49. The zero-order chi connectivity index (χ0) is 22.4. The number of carboxylic acid groups (broad SMARTS) is 1. The third-order valence-electron chi connectivity index (χ3n) is 4.32. The molecule has 0 saturated heterocycles. The molecule has 1 aromatic heterocycles. The molecule has 2 amide bonds. The molecule has 31 heavy (non-hydrogen) atoms. The molecule has 3 rings (SSSR count). The van der Waals surface area contributed by atoms with Gasteiger partial charge >= 0.3 is 5.97 Å². The van der Waals surface area contributed by atoms with Gasteiger partial charge in [0.25, 0.3) is 0 Å². The number of aromatic carboxylic acids is 1. The Kier molecular flexibility index (Phi) is 6.56. The third-order valence-corrected chi connectivity index (χ3v) is 4.32. The van der Waals surface area contributed by atoms with Gasteiger partial charge in [-0.1, -0.05) is 12.1 Å². The summed E-state index contributed by atoms with van der Waals surface area (Å²) in [6, 6.07) is 11.0. The van der Waals surface area contributed by atoms with Crippen LogP contribution in [0.2, 0.25) is 0 Å². The van der Waals surface area contributed by atoms with Crippen LogP contribution in [0.4, 0.5) is 5.69 Å². The highest BCUT2D eigenvalue weighted by molar-refractivity contribution is 5.95. The fraction of sp³-hybridized carbons (Fsp3) is 0.136. The molecule has 2 aromatic carbocycles. The Labute approximate surface area is 176 Å². The van der Waals surface area contributed by atoms with E-state index in [1.165, 1.54) is 30.7 Å². The first-order chi connectivity index (χ1) is 14.8. The average molecular weight is 421 g/mol. The number of rotatable bonds is 7. The van der Waals surface area contributed by atoms with Crippen LogP contribution in [0.25, 0.3) is 11.0 Å². The molecule has 0 saturated carbocycles. The lowest BCUT2D eigenvalue weighted by atomic mass is 10.1. The van der Waals surface area contributed by atoms with Crippen molar-refractivity contribution >= 4 is 40.7 Å². The van der Waals surface area contributed by atoms with Gasteiger partial charge in [-0.3, -0.25) is 14.4 Å². The van der Waals surface area contributed by atoms with E-state index < -0.39 is 17.8 Å². The lowest BCUT2D eigenvalue weighted by Gasteiger charge is -2.05. The van der Waals surface area contributed by atoms with Crippen molar-refractivity contribution in [2.45, 2.75) is 19.8 Å². The van der Waals surface area contributed by atoms with Gasteiger partial charge in [-0.2, -0.15) is 5.10 Å². The molecule has 0 unspecified atom stereocenters. The topological polar surface area (TPSA) is 138 Å². The predicted octanol–water partition coefficient (Wildman–Crippen LogP) is 2.67. The number of fused-ring (bicyclic) bond motifs is 1. The van der Waals surface area contributed by atoms with E-state index in [0.29, 0.717) is 16.7 Å². The Morgan fingerprint density at radius 2 is 1.87 bits per heavy atom. The van der Waals surface area contributed by atoms with E-state index in [1.54, 1.807) is 24.3 Å². The van der Waals surface area contributed by atoms with Crippen LogP contribution in [0.1, 0.15) is 34.3 Å². The van der Waals surface area contributed by atoms with E-state index in [9.17, 15) is 19.2 Å². The van der Waals surface area contributed by atoms with Crippen molar-refractivity contribution < 1.29 is 23.9 Å². The highest BCUT2D eigenvalue weighted by Crippen LogP contribution is 2.13. The van der Waals surface area contributed by atoms with Crippen LogP contribution in [0.5, 0.6) is 0 Å². The van der Waals surface area contributed by atoms with E-state index in [2.05, 4.69) is 15.8 Å². The highest BCUT2D eigenvalue weighted by atomic mass is 16.4. The minimum atomic E-state index is -1.11. The van der Waals surface area contributed by atoms with Crippen molar-refractivity contribution in [3.8, 4) is 0 Å². The van der Waals surface area contributed by atoms with Gasteiger partial charge in [-0.15, -0.1) is 0 Å². The molecule has 0 spiro atoms. The van der Waals surface area contributed by atoms with Crippen molar-refractivity contribution in [1.29, 1.82) is 0 Å². The van der Waals surface area contributed by atoms with Gasteiger partial charge in [0.2, 0.25) is 17.2 Å². The molecule has 3 N–H and O–H groups in total. The second-order valence-electron chi connectivity index (χ2n) is 6.75. The van der Waals surface area contributed by atoms with Gasteiger partial charge in [0.15, 0.2) is 0 Å². The highest BCUT2D eigenvalue weighted by Gasteiger charge is 2.09. The molecular formula is C22H19N3O6. The van der Waals surface area contributed by atoms with E-state index in [-0.39, 0.29) is 29.4 Å². The first-order valence-corrected chi connectivity index (χ1v) is 9.31. The lowest BCUT2D eigenvalue weighted by molar-refractivity contribution is -0.124. The summed E-state index contributed by atoms with van der Waals surface area (Å²) in [4.78, 5) is 47.2. The summed E-state index contributed by atoms with van der Waals surface area (Å²) in [5.41, 5.74) is 3.94. The number of nitrogens with zero attached hydrogens (tertiary/aromatic N) is 1. The van der Waals surface area contributed by atoms with E-state index in [0.717, 1.165) is 5.56 Å². The van der Waals surface area contributed by atoms with Crippen LogP contribution in [-0.2, 0) is 9.59 Å². The average Bonchev–Trinajstić information content (AvgIpc) is 2.74. The quantitative estimate of drug-likeness (QED) is 0.396. The van der Waals surface area contributed by atoms with Crippen molar-refractivity contribution in [2.75, 3.05) is 5.32 Å². The SMILES string of the molecule is Cc1ccc2c(=O)c(C=NNC(=O)CCC(=O)Nc3cccc(C(=O)O)c3)coc2c1. The maximum atomic E-state index is 12.4. The van der Waals surface area contributed by atoms with Crippen molar-refractivity contribution in [2.24, 2.45) is 5.10 Å². The number of benzene rings is 2. The Bertz CT molecular complexity index is 1250. The summed E-state index contributed by atoms with van der Waals surface area (Å²) in [6.45, 7) is 1.89. The largest absolute Gasteiger partial charge is 0.478 e. The Balaban J connectivity index is 1.52. The van der Waals surface area contributed by atoms with E-state index in [1.807, 2.05) is 6.92 Å². The fourth-order valence-electron chi connectivity index (χ4n) is 2.75. The normalized spacial score (nSPS) is 10.9. The summed E-state index contributed by atoms with van der Waals surface area (Å²) in [5.74, 6) is -2.08. The number of carbonyl (C=O) groups is 3. The van der Waals surface area contributed by atoms with Gasteiger partial charge in [0.1, 0.15) is 11.8 Å². The summed E-state index contributed by atoms with van der Waals surface area (Å²) >= 11 is 0. The van der Waals surface area contributed by atoms with Crippen LogP contribution in [0, 0.1) is 6.92 Å². The second-order valence-corrected chi connectivity index (χ2v) is 6.75. The maximum absolute atomic E-state index is 12.4. The van der Waals surface area contributed by atoms with Crippen LogP contribution in [0.15, 0.2) is 63.0 Å². The Morgan fingerprint density at radius 1 is 1.10 bits per heavy atom. The molecule has 0 radical (unpaired) electrons. The lowest BCUT2D eigenvalue weighted by Crippen LogP contribution is -2.21. The Hall–Kier alpha value is -4.27. The zero-order valence-electron chi connectivity index (χ0n) is 16.5. The first-order valence-electron chi connectivity index (χ1n) is 9.31. The number of anilines is 1. The molecule has 9 nitrogen and oxygen atoms in total. The fourth-order valence-corrected chi connectivity index (χ4v) is 2.75. The van der Waals surface area contributed by atoms with Crippen molar-refractivity contribution in [1.82, 2.24) is 5.43 Å². The molecule has 158 valence electrons. The molecular weight excluding hydrogens is 402 g/mol. The van der Waals surface area contributed by atoms with Gasteiger partial charge in [-0.25, -0.2) is 10.2 Å². The minimum absolute atomic E-state index is 0.0400. The first kappa shape index (κ1) is 21.4. The van der Waals surface area contributed by atoms with Crippen molar-refractivity contribution in [3.63, 3.8) is 0 Å². The number of amides is 2. The summed E-state index contributed by atoms with van der Waals surface area (Å²) in [5, 5.41) is 15.6. The maximum Gasteiger partial charge on any atom is 0.335 e. The summed E-state index contributed by atoms with van der Waals surface area (Å²) in [6.07, 6.45) is 2.17.